The second-order valence-electron chi connectivity index (χ2n) is 16.5. The van der Waals surface area contributed by atoms with Crippen LogP contribution in [0.1, 0.15) is 113 Å². The van der Waals surface area contributed by atoms with Crippen molar-refractivity contribution in [1.82, 2.24) is 0 Å². The molecule has 17 atom stereocenters. The zero-order valence-electron chi connectivity index (χ0n) is 30.8. The highest BCUT2D eigenvalue weighted by Gasteiger charge is 2.62. The third-order valence-electron chi connectivity index (χ3n) is 12.8. The average Bonchev–Trinajstić information content (AvgIpc) is 3.40. The van der Waals surface area contributed by atoms with E-state index in [2.05, 4.69) is 57.2 Å². The normalized spacial score (nSPS) is 46.8. The van der Waals surface area contributed by atoms with Crippen LogP contribution in [0.3, 0.4) is 0 Å². The van der Waals surface area contributed by atoms with Crippen LogP contribution in [0.15, 0.2) is 12.2 Å². The van der Waals surface area contributed by atoms with Gasteiger partial charge in [0.25, 0.3) is 0 Å². The number of carboxylic acid groups (broad SMARTS) is 1. The van der Waals surface area contributed by atoms with Crippen molar-refractivity contribution >= 4 is 34.3 Å². The van der Waals surface area contributed by atoms with E-state index < -0.39 is 53.2 Å². The number of ketones is 1. The van der Waals surface area contributed by atoms with Crippen molar-refractivity contribution in [2.75, 3.05) is 0 Å². The van der Waals surface area contributed by atoms with Gasteiger partial charge in [-0.1, -0.05) is 70.2 Å². The van der Waals surface area contributed by atoms with Crippen molar-refractivity contribution < 1.29 is 43.5 Å². The van der Waals surface area contributed by atoms with E-state index in [4.69, 9.17) is 29.4 Å². The molecule has 0 aromatic rings. The smallest absolute Gasteiger partial charge is 0.305 e. The van der Waals surface area contributed by atoms with Crippen LogP contribution in [-0.2, 0) is 33.3 Å². The van der Waals surface area contributed by atoms with Crippen molar-refractivity contribution in [3.8, 4) is 0 Å². The van der Waals surface area contributed by atoms with Gasteiger partial charge in [-0.2, -0.15) is 0 Å². The van der Waals surface area contributed by atoms with Gasteiger partial charge in [0.1, 0.15) is 5.78 Å². The summed E-state index contributed by atoms with van der Waals surface area (Å²) < 4.78 is 34.1. The molecular weight excluding hydrogens is 741 g/mol. The standard InChI is InChI=1S/C38H62INO9/c1-9-27(33(44)23(5)32(43)24(6)34-20(2)10-11-26(46-34)19-31(41)42)35-21(3)18-22(4)37(47-35)15-14-29(40)38(49-37)17-16-36(8,48-38)30-13-12-28(39)25(7)45-30/h14-15,20-30,32,34-35,43H,9-13,16-19,40H2,1-8H3,(H,41,42)/t20-,21-,22+,23-,24-,25-,26+,27?,28+,29+,30+,32+,34+,35-,36-,37-,38-/m0/s1. The molecule has 5 aliphatic heterocycles. The summed E-state index contributed by atoms with van der Waals surface area (Å²) in [5.41, 5.74) is 6.21. The number of rotatable bonds is 10. The summed E-state index contributed by atoms with van der Waals surface area (Å²) in [4.78, 5) is 25.7. The number of nitrogens with two attached hydrogens (primary N) is 1. The van der Waals surface area contributed by atoms with E-state index in [0.717, 1.165) is 32.1 Å². The molecular formula is C38H62INO9. The topological polar surface area (TPSA) is 147 Å². The maximum Gasteiger partial charge on any atom is 0.305 e. The molecule has 0 aromatic heterocycles. The molecule has 1 unspecified atom stereocenters. The Morgan fingerprint density at radius 3 is 2.37 bits per heavy atom. The van der Waals surface area contributed by atoms with E-state index in [1.165, 1.54) is 0 Å². The van der Waals surface area contributed by atoms with Gasteiger partial charge in [0.2, 0.25) is 0 Å². The SMILES string of the molecule is CCC(C(=O)[C@@H](C)[C@@H](O)[C@H](C)[C@@H]1O[C@@H](CC(=O)O)CC[C@@H]1C)[C@H]1O[C@]2(C=C[C@@H](N)[C@]3(CC[C@@](C)([C@H]4CC[C@@H](I)[C@H](C)O4)O3)O2)[C@H](C)C[C@@H]1C. The molecule has 0 saturated carbocycles. The predicted molar refractivity (Wildman–Crippen MR) is 194 cm³/mol. The van der Waals surface area contributed by atoms with Crippen LogP contribution in [0, 0.1) is 35.5 Å². The number of carboxylic acids is 1. The Labute approximate surface area is 307 Å². The van der Waals surface area contributed by atoms with Gasteiger partial charge in [-0.15, -0.1) is 0 Å². The minimum Gasteiger partial charge on any atom is -0.481 e. The van der Waals surface area contributed by atoms with Crippen LogP contribution < -0.4 is 5.73 Å². The first-order valence-corrected chi connectivity index (χ1v) is 20.1. The lowest BCUT2D eigenvalue weighted by Gasteiger charge is -2.54. The van der Waals surface area contributed by atoms with E-state index >= 15 is 0 Å². The Morgan fingerprint density at radius 1 is 1.00 bits per heavy atom. The largest absolute Gasteiger partial charge is 0.481 e. The highest BCUT2D eigenvalue weighted by Crippen LogP contribution is 2.53. The molecule has 4 fully saturated rings. The Morgan fingerprint density at radius 2 is 1.71 bits per heavy atom. The number of aliphatic hydroxyl groups is 1. The summed E-state index contributed by atoms with van der Waals surface area (Å²) in [7, 11) is 0. The van der Waals surface area contributed by atoms with Crippen LogP contribution >= 0.6 is 22.6 Å². The molecule has 11 heteroatoms. The lowest BCUT2D eigenvalue weighted by Crippen LogP contribution is -2.64. The summed E-state index contributed by atoms with van der Waals surface area (Å²) in [5, 5.41) is 20.9. The highest BCUT2D eigenvalue weighted by atomic mass is 127. The minimum absolute atomic E-state index is 0.0140. The fourth-order valence-corrected chi connectivity index (χ4v) is 10.0. The molecule has 280 valence electrons. The average molecular weight is 804 g/mol. The number of Topliss-reactive ketones (excluding diaryl/α,β-unsaturated/α-hetero) is 1. The van der Waals surface area contributed by atoms with Gasteiger partial charge < -0.3 is 39.6 Å². The number of hydrogen-bond acceptors (Lipinski definition) is 9. The Kier molecular flexibility index (Phi) is 12.4. The van der Waals surface area contributed by atoms with Gasteiger partial charge in [0.15, 0.2) is 11.6 Å². The molecule has 2 spiro atoms. The number of carbonyl (C=O) groups is 2. The van der Waals surface area contributed by atoms with E-state index in [1.807, 2.05) is 26.0 Å². The van der Waals surface area contributed by atoms with Crippen LogP contribution in [0.25, 0.3) is 0 Å². The monoisotopic (exact) mass is 803 g/mol. The fourth-order valence-electron chi connectivity index (χ4n) is 9.50. The quantitative estimate of drug-likeness (QED) is 0.133. The predicted octanol–water partition coefficient (Wildman–Crippen LogP) is 6.18. The number of aliphatic hydroxyl groups excluding tert-OH is 1. The molecule has 5 rings (SSSR count). The van der Waals surface area contributed by atoms with Crippen molar-refractivity contribution in [1.29, 1.82) is 0 Å². The first kappa shape index (κ1) is 39.5. The van der Waals surface area contributed by atoms with Crippen LogP contribution in [0.5, 0.6) is 0 Å². The maximum atomic E-state index is 14.3. The molecule has 5 heterocycles. The molecule has 0 bridgehead atoms. The van der Waals surface area contributed by atoms with Gasteiger partial charge in [-0.25, -0.2) is 0 Å². The van der Waals surface area contributed by atoms with Gasteiger partial charge in [0.05, 0.1) is 54.7 Å². The van der Waals surface area contributed by atoms with Crippen molar-refractivity contribution in [3.63, 3.8) is 0 Å². The van der Waals surface area contributed by atoms with Crippen molar-refractivity contribution in [2.45, 2.75) is 177 Å². The lowest BCUT2D eigenvalue weighted by atomic mass is 9.72. The Balaban J connectivity index is 1.31. The first-order valence-electron chi connectivity index (χ1n) is 18.9. The van der Waals surface area contributed by atoms with Gasteiger partial charge in [0, 0.05) is 34.0 Å². The van der Waals surface area contributed by atoms with Crippen LogP contribution in [-0.4, -0.2) is 85.7 Å². The van der Waals surface area contributed by atoms with Gasteiger partial charge >= 0.3 is 5.97 Å². The number of halogens is 1. The van der Waals surface area contributed by atoms with Crippen molar-refractivity contribution in [3.05, 3.63) is 12.2 Å². The Bertz CT molecular complexity index is 1220. The third kappa shape index (κ3) is 7.85. The molecule has 4 saturated heterocycles. The Hall–Kier alpha value is -0.670. The lowest BCUT2D eigenvalue weighted by molar-refractivity contribution is -0.395. The summed E-state index contributed by atoms with van der Waals surface area (Å²) in [6, 6.07) is -0.480. The third-order valence-corrected chi connectivity index (χ3v) is 14.4. The van der Waals surface area contributed by atoms with Crippen LogP contribution in [0.4, 0.5) is 0 Å². The van der Waals surface area contributed by atoms with E-state index in [1.54, 1.807) is 6.92 Å². The molecule has 0 radical (unpaired) electrons. The highest BCUT2D eigenvalue weighted by molar-refractivity contribution is 14.1. The first-order chi connectivity index (χ1) is 23.0. The molecule has 5 aliphatic rings. The number of ether oxygens (including phenoxy) is 5. The second-order valence-corrected chi connectivity index (χ2v) is 18.1. The van der Waals surface area contributed by atoms with Crippen LogP contribution in [0.2, 0.25) is 0 Å². The van der Waals surface area contributed by atoms with E-state index in [9.17, 15) is 19.8 Å². The number of carbonyl (C=O) groups excluding carboxylic acids is 1. The molecule has 10 nitrogen and oxygen atoms in total. The molecule has 0 aromatic carbocycles. The zero-order chi connectivity index (χ0) is 36.1. The summed E-state index contributed by atoms with van der Waals surface area (Å²) in [6.07, 6.45) is 8.03. The summed E-state index contributed by atoms with van der Waals surface area (Å²) >= 11 is 2.47. The van der Waals surface area contributed by atoms with E-state index in [0.29, 0.717) is 23.2 Å². The molecule has 0 amide bonds. The summed E-state index contributed by atoms with van der Waals surface area (Å²) in [6.45, 7) is 16.3. The molecule has 4 N–H and O–H groups in total. The number of alkyl halides is 1. The maximum absolute atomic E-state index is 14.3. The molecule has 49 heavy (non-hydrogen) atoms. The van der Waals surface area contributed by atoms with E-state index in [-0.39, 0.29) is 60.3 Å². The van der Waals surface area contributed by atoms with Gasteiger partial charge in [-0.05, 0) is 76.7 Å². The molecule has 0 aliphatic carbocycles. The minimum atomic E-state index is -1.11. The summed E-state index contributed by atoms with van der Waals surface area (Å²) in [5.74, 6) is -4.38. The van der Waals surface area contributed by atoms with Gasteiger partial charge in [-0.3, -0.25) is 9.59 Å². The zero-order valence-corrected chi connectivity index (χ0v) is 33.0. The second kappa shape index (κ2) is 15.4. The van der Waals surface area contributed by atoms with Crippen molar-refractivity contribution in [2.24, 2.45) is 41.2 Å². The fraction of sp³-hybridized carbons (Fsp3) is 0.895. The number of hydrogen-bond donors (Lipinski definition) is 3. The number of aliphatic carboxylic acids is 1.